The Morgan fingerprint density at radius 3 is 2.35 bits per heavy atom. The third-order valence-electron chi connectivity index (χ3n) is 4.02. The van der Waals surface area contributed by atoms with Crippen LogP contribution in [0.15, 0.2) is 60.7 Å². The number of hydrogen-bond acceptors (Lipinski definition) is 2. The zero-order valence-electron chi connectivity index (χ0n) is 11.3. The molecule has 0 heterocycles. The Balaban J connectivity index is 1.57. The summed E-state index contributed by atoms with van der Waals surface area (Å²) in [4.78, 5) is 0. The van der Waals surface area contributed by atoms with Gasteiger partial charge in [-0.3, -0.25) is 0 Å². The van der Waals surface area contributed by atoms with Crippen molar-refractivity contribution in [2.24, 2.45) is 5.92 Å². The predicted molar refractivity (Wildman–Crippen MR) is 77.9 cm³/mol. The summed E-state index contributed by atoms with van der Waals surface area (Å²) in [6, 6.07) is 22.7. The lowest BCUT2D eigenvalue weighted by atomic mass is 9.95. The second-order valence-corrected chi connectivity index (χ2v) is 5.35. The molecule has 1 saturated carbocycles. The van der Waals surface area contributed by atoms with E-state index in [2.05, 4.69) is 18.2 Å². The molecule has 0 unspecified atom stereocenters. The first kappa shape index (κ1) is 12.9. The van der Waals surface area contributed by atoms with Crippen LogP contribution in [0.25, 0.3) is 0 Å². The van der Waals surface area contributed by atoms with Gasteiger partial charge in [-0.25, -0.2) is 0 Å². The van der Waals surface area contributed by atoms with E-state index in [1.807, 2.05) is 48.5 Å². The van der Waals surface area contributed by atoms with Crippen molar-refractivity contribution in [1.82, 2.24) is 0 Å². The first-order chi connectivity index (χ1) is 9.85. The largest absolute Gasteiger partial charge is 0.376 e. The summed E-state index contributed by atoms with van der Waals surface area (Å²) in [5.74, 6) is 0.318. The number of nitrogens with zero attached hydrogens (tertiary/aromatic N) is 1. The molecule has 2 heteroatoms. The molecule has 0 saturated heterocycles. The minimum atomic E-state index is -0.321. The molecule has 1 aliphatic carbocycles. The van der Waals surface area contributed by atoms with Gasteiger partial charge in [0, 0.05) is 5.92 Å². The minimum absolute atomic E-state index is 0.318. The number of hydrogen-bond donors (Lipinski definition) is 0. The average Bonchev–Trinajstić information content (AvgIpc) is 3.24. The second kappa shape index (κ2) is 5.48. The van der Waals surface area contributed by atoms with Crippen LogP contribution in [-0.2, 0) is 16.8 Å². The van der Waals surface area contributed by atoms with Gasteiger partial charge in [-0.15, -0.1) is 0 Å². The van der Waals surface area contributed by atoms with Gasteiger partial charge in [0.2, 0.25) is 0 Å². The van der Waals surface area contributed by atoms with Crippen LogP contribution in [0.2, 0.25) is 0 Å². The lowest BCUT2D eigenvalue weighted by Gasteiger charge is -2.09. The highest BCUT2D eigenvalue weighted by Gasteiger charge is 2.56. The summed E-state index contributed by atoms with van der Waals surface area (Å²) in [6.07, 6.45) is 0.905. The maximum atomic E-state index is 9.49. The molecular weight excluding hydrogens is 246 g/mol. The lowest BCUT2D eigenvalue weighted by molar-refractivity contribution is 0.108. The minimum Gasteiger partial charge on any atom is -0.376 e. The molecule has 2 aromatic carbocycles. The Morgan fingerprint density at radius 1 is 1.05 bits per heavy atom. The smallest absolute Gasteiger partial charge is 0.0877 e. The van der Waals surface area contributed by atoms with Crippen LogP contribution in [0.1, 0.15) is 17.5 Å². The molecule has 2 nitrogen and oxygen atoms in total. The Morgan fingerprint density at radius 2 is 1.70 bits per heavy atom. The molecule has 3 rings (SSSR count). The maximum absolute atomic E-state index is 9.49. The first-order valence-electron chi connectivity index (χ1n) is 6.93. The van der Waals surface area contributed by atoms with Gasteiger partial charge in [-0.1, -0.05) is 60.7 Å². The van der Waals surface area contributed by atoms with Crippen LogP contribution in [0.3, 0.4) is 0 Å². The summed E-state index contributed by atoms with van der Waals surface area (Å²) in [5.41, 5.74) is 1.98. The van der Waals surface area contributed by atoms with Crippen LogP contribution in [-0.4, -0.2) is 6.61 Å². The van der Waals surface area contributed by atoms with Crippen LogP contribution in [0.4, 0.5) is 0 Å². The molecule has 0 aliphatic heterocycles. The molecule has 0 radical (unpaired) electrons. The highest BCUT2D eigenvalue weighted by Crippen LogP contribution is 2.53. The molecule has 0 N–H and O–H groups in total. The standard InChI is InChI=1S/C18H17NO/c19-14-18(16-9-5-2-6-10-16)11-17(18)13-20-12-15-7-3-1-4-8-15/h1-10,17H,11-13H2/t17-,18-/m0/s1. The SMILES string of the molecule is N#C[C@]1(c2ccccc2)C[C@H]1COCc1ccccc1. The van der Waals surface area contributed by atoms with E-state index >= 15 is 0 Å². The van der Waals surface area contributed by atoms with E-state index in [9.17, 15) is 5.26 Å². The highest BCUT2D eigenvalue weighted by molar-refractivity contribution is 5.41. The number of benzene rings is 2. The van der Waals surface area contributed by atoms with Crippen molar-refractivity contribution >= 4 is 0 Å². The van der Waals surface area contributed by atoms with Gasteiger partial charge in [0.25, 0.3) is 0 Å². The normalized spacial score (nSPS) is 24.1. The fourth-order valence-corrected chi connectivity index (χ4v) is 2.71. The molecular formula is C18H17NO. The Bertz CT molecular complexity index is 602. The molecule has 100 valence electrons. The van der Waals surface area contributed by atoms with Gasteiger partial charge in [0.1, 0.15) is 0 Å². The van der Waals surface area contributed by atoms with Gasteiger partial charge in [-0.2, -0.15) is 5.26 Å². The van der Waals surface area contributed by atoms with Gasteiger partial charge in [-0.05, 0) is 17.5 Å². The van der Waals surface area contributed by atoms with Gasteiger partial charge >= 0.3 is 0 Å². The Labute approximate surface area is 119 Å². The van der Waals surface area contributed by atoms with E-state index < -0.39 is 0 Å². The predicted octanol–water partition coefficient (Wildman–Crippen LogP) is 3.68. The highest BCUT2D eigenvalue weighted by atomic mass is 16.5. The molecule has 1 aliphatic rings. The van der Waals surface area contributed by atoms with Gasteiger partial charge in [0.05, 0.1) is 24.7 Å². The average molecular weight is 263 g/mol. The van der Waals surface area contributed by atoms with E-state index in [-0.39, 0.29) is 5.41 Å². The van der Waals surface area contributed by atoms with Crippen molar-refractivity contribution < 1.29 is 4.74 Å². The zero-order valence-corrected chi connectivity index (χ0v) is 11.3. The van der Waals surface area contributed by atoms with Gasteiger partial charge in [0.15, 0.2) is 0 Å². The quantitative estimate of drug-likeness (QED) is 0.824. The molecule has 0 bridgehead atoms. The van der Waals surface area contributed by atoms with Crippen molar-refractivity contribution in [3.63, 3.8) is 0 Å². The summed E-state index contributed by atoms with van der Waals surface area (Å²) in [5, 5.41) is 9.49. The maximum Gasteiger partial charge on any atom is 0.0877 e. The first-order valence-corrected chi connectivity index (χ1v) is 6.93. The van der Waals surface area contributed by atoms with Crippen LogP contribution >= 0.6 is 0 Å². The summed E-state index contributed by atoms with van der Waals surface area (Å²) in [7, 11) is 0. The van der Waals surface area contributed by atoms with Crippen molar-refractivity contribution in [1.29, 1.82) is 5.26 Å². The van der Waals surface area contributed by atoms with Crippen LogP contribution < -0.4 is 0 Å². The van der Waals surface area contributed by atoms with Gasteiger partial charge < -0.3 is 4.74 Å². The second-order valence-electron chi connectivity index (χ2n) is 5.35. The van der Waals surface area contributed by atoms with Crippen molar-refractivity contribution in [2.45, 2.75) is 18.4 Å². The van der Waals surface area contributed by atoms with E-state index in [1.165, 1.54) is 5.56 Å². The van der Waals surface area contributed by atoms with Crippen molar-refractivity contribution in [2.75, 3.05) is 6.61 Å². The Hall–Kier alpha value is -2.11. The van der Waals surface area contributed by atoms with E-state index in [0.29, 0.717) is 19.1 Å². The fraction of sp³-hybridized carbons (Fsp3) is 0.278. The van der Waals surface area contributed by atoms with Crippen LogP contribution in [0.5, 0.6) is 0 Å². The zero-order chi connectivity index (χ0) is 13.8. The monoisotopic (exact) mass is 263 g/mol. The van der Waals surface area contributed by atoms with Crippen LogP contribution in [0, 0.1) is 17.2 Å². The lowest BCUT2D eigenvalue weighted by Crippen LogP contribution is -2.10. The van der Waals surface area contributed by atoms with E-state index in [1.54, 1.807) is 0 Å². The van der Waals surface area contributed by atoms with E-state index in [0.717, 1.165) is 12.0 Å². The third kappa shape index (κ3) is 2.45. The molecule has 20 heavy (non-hydrogen) atoms. The molecule has 0 spiro atoms. The molecule has 1 fully saturated rings. The molecule has 2 atom stereocenters. The molecule has 0 amide bonds. The molecule has 2 aromatic rings. The summed E-state index contributed by atoms with van der Waals surface area (Å²) in [6.45, 7) is 1.27. The number of nitriles is 1. The summed E-state index contributed by atoms with van der Waals surface area (Å²) < 4.78 is 5.77. The Kier molecular flexibility index (Phi) is 3.54. The fourth-order valence-electron chi connectivity index (χ4n) is 2.71. The third-order valence-corrected chi connectivity index (χ3v) is 4.02. The topological polar surface area (TPSA) is 33.0 Å². The van der Waals surface area contributed by atoms with Crippen molar-refractivity contribution in [3.8, 4) is 6.07 Å². The van der Waals surface area contributed by atoms with E-state index in [4.69, 9.17) is 4.74 Å². The summed E-state index contributed by atoms with van der Waals surface area (Å²) >= 11 is 0. The van der Waals surface area contributed by atoms with Crippen molar-refractivity contribution in [3.05, 3.63) is 71.8 Å². The number of rotatable bonds is 5. The molecule has 0 aromatic heterocycles. The number of ether oxygens (including phenoxy) is 1.